The van der Waals surface area contributed by atoms with Gasteiger partial charge in [-0.2, -0.15) is 0 Å². The van der Waals surface area contributed by atoms with Crippen molar-refractivity contribution in [1.29, 1.82) is 0 Å². The van der Waals surface area contributed by atoms with Crippen molar-refractivity contribution in [2.24, 2.45) is 5.41 Å². The average Bonchev–Trinajstić information content (AvgIpc) is 2.44. The Morgan fingerprint density at radius 3 is 2.41 bits per heavy atom. The molecule has 0 atom stereocenters. The summed E-state index contributed by atoms with van der Waals surface area (Å²) < 4.78 is 0. The lowest BCUT2D eigenvalue weighted by Crippen LogP contribution is -2.32. The SMILES string of the molecule is CN(C)C=C1CN(OC(=O)C(C)(C)C)CC1=O. The molecule has 0 spiro atoms. The van der Waals surface area contributed by atoms with Crippen LogP contribution in [-0.4, -0.2) is 48.9 Å². The van der Waals surface area contributed by atoms with Crippen molar-refractivity contribution in [2.75, 3.05) is 27.2 Å². The van der Waals surface area contributed by atoms with Crippen molar-refractivity contribution in [3.05, 3.63) is 11.8 Å². The highest BCUT2D eigenvalue weighted by Gasteiger charge is 2.32. The minimum atomic E-state index is -0.558. The van der Waals surface area contributed by atoms with Crippen LogP contribution in [0.15, 0.2) is 11.8 Å². The first kappa shape index (κ1) is 13.7. The highest BCUT2D eigenvalue weighted by molar-refractivity contribution is 5.99. The zero-order valence-electron chi connectivity index (χ0n) is 11.1. The molecule has 0 saturated carbocycles. The van der Waals surface area contributed by atoms with E-state index in [9.17, 15) is 9.59 Å². The van der Waals surface area contributed by atoms with Gasteiger partial charge in [0.2, 0.25) is 0 Å². The number of rotatable bonds is 2. The Bertz CT molecular complexity index is 353. The lowest BCUT2D eigenvalue weighted by Gasteiger charge is -2.20. The molecule has 1 saturated heterocycles. The number of carbonyl (C=O) groups is 2. The summed E-state index contributed by atoms with van der Waals surface area (Å²) in [5.41, 5.74) is 0.105. The van der Waals surface area contributed by atoms with Crippen molar-refractivity contribution in [3.63, 3.8) is 0 Å². The summed E-state index contributed by atoms with van der Waals surface area (Å²) in [6.07, 6.45) is 1.76. The predicted molar refractivity (Wildman–Crippen MR) is 63.9 cm³/mol. The normalized spacial score (nSPS) is 19.8. The minimum absolute atomic E-state index is 0.000379. The Morgan fingerprint density at radius 2 is 1.94 bits per heavy atom. The number of hydroxylamine groups is 2. The Kier molecular flexibility index (Phi) is 3.93. The van der Waals surface area contributed by atoms with Gasteiger partial charge in [-0.05, 0) is 20.8 Å². The largest absolute Gasteiger partial charge is 0.383 e. The predicted octanol–water partition coefficient (Wildman–Crippen LogP) is 0.821. The lowest BCUT2D eigenvalue weighted by molar-refractivity contribution is -0.194. The monoisotopic (exact) mass is 240 g/mol. The van der Waals surface area contributed by atoms with E-state index in [1.807, 2.05) is 19.0 Å². The number of hydrogen-bond acceptors (Lipinski definition) is 5. The number of nitrogens with zero attached hydrogens (tertiary/aromatic N) is 2. The van der Waals surface area contributed by atoms with Gasteiger partial charge in [-0.1, -0.05) is 0 Å². The second-order valence-corrected chi connectivity index (χ2v) is 5.47. The van der Waals surface area contributed by atoms with E-state index < -0.39 is 5.41 Å². The summed E-state index contributed by atoms with van der Waals surface area (Å²) >= 11 is 0. The summed E-state index contributed by atoms with van der Waals surface area (Å²) in [5.74, 6) is -0.322. The van der Waals surface area contributed by atoms with Gasteiger partial charge in [0.15, 0.2) is 5.78 Å². The summed E-state index contributed by atoms with van der Waals surface area (Å²) in [7, 11) is 3.70. The van der Waals surface area contributed by atoms with Crippen LogP contribution in [0.2, 0.25) is 0 Å². The number of carbonyl (C=O) groups excluding carboxylic acids is 2. The lowest BCUT2D eigenvalue weighted by atomic mass is 9.98. The molecule has 1 heterocycles. The topological polar surface area (TPSA) is 49.9 Å². The quantitative estimate of drug-likeness (QED) is 0.669. The highest BCUT2D eigenvalue weighted by atomic mass is 16.7. The maximum atomic E-state index is 11.7. The van der Waals surface area contributed by atoms with Gasteiger partial charge in [0.25, 0.3) is 0 Å². The van der Waals surface area contributed by atoms with Crippen molar-refractivity contribution in [3.8, 4) is 0 Å². The van der Waals surface area contributed by atoms with E-state index in [-0.39, 0.29) is 18.3 Å². The molecule has 0 N–H and O–H groups in total. The fraction of sp³-hybridized carbons (Fsp3) is 0.667. The van der Waals surface area contributed by atoms with Crippen molar-refractivity contribution >= 4 is 11.8 Å². The minimum Gasteiger partial charge on any atom is -0.383 e. The van der Waals surface area contributed by atoms with Gasteiger partial charge < -0.3 is 9.74 Å². The molecule has 1 rings (SSSR count). The summed E-state index contributed by atoms with van der Waals surface area (Å²) in [4.78, 5) is 30.3. The summed E-state index contributed by atoms with van der Waals surface area (Å²) in [6, 6.07) is 0. The van der Waals surface area contributed by atoms with E-state index >= 15 is 0 Å². The molecule has 0 amide bonds. The average molecular weight is 240 g/mol. The molecule has 0 bridgehead atoms. The van der Waals surface area contributed by atoms with Crippen LogP contribution in [0.5, 0.6) is 0 Å². The van der Waals surface area contributed by atoms with Crippen molar-refractivity contribution < 1.29 is 14.4 Å². The van der Waals surface area contributed by atoms with Crippen molar-refractivity contribution in [2.45, 2.75) is 20.8 Å². The van der Waals surface area contributed by atoms with Gasteiger partial charge in [-0.3, -0.25) is 4.79 Å². The second kappa shape index (κ2) is 4.87. The maximum Gasteiger partial charge on any atom is 0.330 e. The summed E-state index contributed by atoms with van der Waals surface area (Å²) in [5, 5.41) is 1.41. The van der Waals surface area contributed by atoms with Crippen LogP contribution in [0.1, 0.15) is 20.8 Å². The molecule has 0 unspecified atom stereocenters. The molecule has 1 fully saturated rings. The van der Waals surface area contributed by atoms with Crippen LogP contribution in [0.4, 0.5) is 0 Å². The molecule has 0 aromatic carbocycles. The van der Waals surface area contributed by atoms with E-state index in [0.717, 1.165) is 0 Å². The Balaban J connectivity index is 2.62. The van der Waals surface area contributed by atoms with Crippen LogP contribution in [-0.2, 0) is 14.4 Å². The molecule has 5 nitrogen and oxygen atoms in total. The zero-order valence-corrected chi connectivity index (χ0v) is 11.1. The Labute approximate surface area is 102 Å². The standard InChI is InChI=1S/C12H20N2O3/c1-12(2,3)11(16)17-14-7-9(6-13(4)5)10(15)8-14/h6H,7-8H2,1-5H3. The Hall–Kier alpha value is -1.36. The smallest absolute Gasteiger partial charge is 0.330 e. The van der Waals surface area contributed by atoms with Crippen molar-refractivity contribution in [1.82, 2.24) is 9.96 Å². The molecule has 1 aliphatic rings. The van der Waals surface area contributed by atoms with Crippen LogP contribution in [0, 0.1) is 5.41 Å². The fourth-order valence-electron chi connectivity index (χ4n) is 1.34. The van der Waals surface area contributed by atoms with E-state index in [1.54, 1.807) is 27.0 Å². The number of Topliss-reactive ketones (excluding diaryl/α,β-unsaturated/α-hetero) is 1. The van der Waals surface area contributed by atoms with Gasteiger partial charge in [0.05, 0.1) is 18.5 Å². The third-order valence-corrected chi connectivity index (χ3v) is 2.26. The van der Waals surface area contributed by atoms with Gasteiger partial charge in [-0.25, -0.2) is 4.79 Å². The molecular weight excluding hydrogens is 220 g/mol. The van der Waals surface area contributed by atoms with Gasteiger partial charge in [0, 0.05) is 25.9 Å². The maximum absolute atomic E-state index is 11.7. The van der Waals surface area contributed by atoms with E-state index in [0.29, 0.717) is 12.1 Å². The molecule has 0 aromatic heterocycles. The molecule has 5 heteroatoms. The summed E-state index contributed by atoms with van der Waals surface area (Å²) in [6.45, 7) is 5.84. The second-order valence-electron chi connectivity index (χ2n) is 5.47. The molecule has 0 radical (unpaired) electrons. The third-order valence-electron chi connectivity index (χ3n) is 2.26. The first-order valence-corrected chi connectivity index (χ1v) is 5.58. The first-order valence-electron chi connectivity index (χ1n) is 5.58. The fourth-order valence-corrected chi connectivity index (χ4v) is 1.34. The van der Waals surface area contributed by atoms with E-state index in [4.69, 9.17) is 4.84 Å². The first-order chi connectivity index (χ1) is 7.70. The van der Waals surface area contributed by atoms with Gasteiger partial charge >= 0.3 is 5.97 Å². The number of ketones is 1. The highest BCUT2D eigenvalue weighted by Crippen LogP contribution is 2.19. The number of hydrogen-bond donors (Lipinski definition) is 0. The van der Waals surface area contributed by atoms with E-state index in [1.165, 1.54) is 5.06 Å². The van der Waals surface area contributed by atoms with Crippen LogP contribution >= 0.6 is 0 Å². The van der Waals surface area contributed by atoms with Crippen LogP contribution in [0.25, 0.3) is 0 Å². The third kappa shape index (κ3) is 3.85. The molecule has 17 heavy (non-hydrogen) atoms. The molecule has 1 aliphatic heterocycles. The zero-order chi connectivity index (χ0) is 13.2. The molecule has 0 aliphatic carbocycles. The molecular formula is C12H20N2O3. The van der Waals surface area contributed by atoms with Gasteiger partial charge in [-0.15, -0.1) is 5.06 Å². The van der Waals surface area contributed by atoms with Crippen LogP contribution < -0.4 is 0 Å². The van der Waals surface area contributed by atoms with Crippen LogP contribution in [0.3, 0.4) is 0 Å². The molecule has 0 aromatic rings. The van der Waals surface area contributed by atoms with E-state index in [2.05, 4.69) is 0 Å². The van der Waals surface area contributed by atoms with Gasteiger partial charge in [0.1, 0.15) is 0 Å². The Morgan fingerprint density at radius 1 is 1.35 bits per heavy atom. The molecule has 96 valence electrons.